The molecule has 5 atom stereocenters. The molecule has 0 aromatic heterocycles. The predicted octanol–water partition coefficient (Wildman–Crippen LogP) is 3.95. The zero-order valence-corrected chi connectivity index (χ0v) is 25.1. The molecule has 0 spiro atoms. The van der Waals surface area contributed by atoms with E-state index in [2.05, 4.69) is 65.1 Å². The minimum absolute atomic E-state index is 0.0807. The summed E-state index contributed by atoms with van der Waals surface area (Å²) in [4.78, 5) is 12.1. The number of aliphatic hydroxyl groups excluding tert-OH is 1. The first-order chi connectivity index (χ1) is 16.9. The van der Waals surface area contributed by atoms with Crippen LogP contribution in [0.2, 0.25) is 18.1 Å². The van der Waals surface area contributed by atoms with Crippen molar-refractivity contribution in [2.24, 2.45) is 0 Å². The zero-order chi connectivity index (χ0) is 26.5. The Balaban J connectivity index is 1.88. The van der Waals surface area contributed by atoms with Crippen LogP contribution in [0.1, 0.15) is 38.8 Å². The topological polar surface area (TPSA) is 74.2 Å². The molecule has 0 radical (unpaired) electrons. The standard InChI is InChI=1S/C28H40O6SeSi/c1-19-13-15-22(16-14-19)35-27-24(30)26(34-36(6,7)28(3,4)5)25(32-20(2)29)23(33-27)18-31-17-21-11-9-8-10-12-21/h8-16,23-27,30H,17-18H2,1-7H3/t23-,24-,25-,26-,27+/m1/s1. The summed E-state index contributed by atoms with van der Waals surface area (Å²) in [6, 6.07) is 18.2. The molecule has 1 heterocycles. The molecule has 0 saturated carbocycles. The molecule has 0 bridgehead atoms. The van der Waals surface area contributed by atoms with E-state index in [-0.39, 0.29) is 26.6 Å². The Morgan fingerprint density at radius 3 is 2.28 bits per heavy atom. The zero-order valence-electron chi connectivity index (χ0n) is 22.4. The van der Waals surface area contributed by atoms with Gasteiger partial charge in [-0.05, 0) is 0 Å². The van der Waals surface area contributed by atoms with Crippen LogP contribution in [0.15, 0.2) is 54.6 Å². The normalized spacial score (nSPS) is 24.9. The molecule has 2 aromatic rings. The van der Waals surface area contributed by atoms with Crippen LogP contribution >= 0.6 is 0 Å². The van der Waals surface area contributed by atoms with Crippen molar-refractivity contribution in [3.8, 4) is 0 Å². The van der Waals surface area contributed by atoms with Gasteiger partial charge in [-0.1, -0.05) is 0 Å². The molecule has 0 amide bonds. The quantitative estimate of drug-likeness (QED) is 0.358. The Morgan fingerprint density at radius 2 is 1.69 bits per heavy atom. The summed E-state index contributed by atoms with van der Waals surface area (Å²) in [6.45, 7) is 14.8. The number of carbonyl (C=O) groups excluding carboxylic acids is 1. The predicted molar refractivity (Wildman–Crippen MR) is 145 cm³/mol. The van der Waals surface area contributed by atoms with Crippen LogP contribution < -0.4 is 4.46 Å². The van der Waals surface area contributed by atoms with E-state index in [0.717, 1.165) is 10.0 Å². The maximum absolute atomic E-state index is 12.1. The molecule has 0 unspecified atom stereocenters. The van der Waals surface area contributed by atoms with Crippen LogP contribution in [0.5, 0.6) is 0 Å². The summed E-state index contributed by atoms with van der Waals surface area (Å²) in [5.74, 6) is -0.435. The van der Waals surface area contributed by atoms with E-state index in [1.165, 1.54) is 12.5 Å². The van der Waals surface area contributed by atoms with E-state index in [0.29, 0.717) is 6.61 Å². The number of benzene rings is 2. The van der Waals surface area contributed by atoms with Crippen molar-refractivity contribution in [2.75, 3.05) is 6.61 Å². The first-order valence-electron chi connectivity index (χ1n) is 12.4. The summed E-state index contributed by atoms with van der Waals surface area (Å²) in [5.41, 5.74) is 2.23. The molecule has 1 fully saturated rings. The van der Waals surface area contributed by atoms with Gasteiger partial charge in [-0.2, -0.15) is 0 Å². The number of aryl methyl sites for hydroxylation is 1. The van der Waals surface area contributed by atoms with Crippen LogP contribution in [0, 0.1) is 6.92 Å². The minimum atomic E-state index is -2.31. The number of esters is 1. The van der Waals surface area contributed by atoms with E-state index in [1.54, 1.807) is 0 Å². The van der Waals surface area contributed by atoms with E-state index in [9.17, 15) is 9.90 Å². The van der Waals surface area contributed by atoms with Gasteiger partial charge in [-0.15, -0.1) is 0 Å². The molecule has 36 heavy (non-hydrogen) atoms. The molecule has 1 aliphatic heterocycles. The van der Waals surface area contributed by atoms with E-state index < -0.39 is 43.7 Å². The molecule has 1 aliphatic rings. The van der Waals surface area contributed by atoms with Gasteiger partial charge in [-0.25, -0.2) is 0 Å². The fourth-order valence-corrected chi connectivity index (χ4v) is 7.25. The summed E-state index contributed by atoms with van der Waals surface area (Å²) < 4.78 is 26.1. The number of carbonyl (C=O) groups is 1. The maximum atomic E-state index is 12.1. The molecule has 2 aromatic carbocycles. The van der Waals surface area contributed by atoms with Gasteiger partial charge in [0.25, 0.3) is 0 Å². The van der Waals surface area contributed by atoms with Crippen molar-refractivity contribution in [1.82, 2.24) is 0 Å². The van der Waals surface area contributed by atoms with Crippen molar-refractivity contribution in [2.45, 2.75) is 88.8 Å². The molecular formula is C28H40O6SeSi. The van der Waals surface area contributed by atoms with Crippen molar-refractivity contribution >= 4 is 33.7 Å². The molecule has 1 N–H and O–H groups in total. The fourth-order valence-electron chi connectivity index (χ4n) is 3.73. The van der Waals surface area contributed by atoms with E-state index in [1.807, 2.05) is 30.3 Å². The summed E-state index contributed by atoms with van der Waals surface area (Å²) >= 11 is -0.180. The Hall–Kier alpha value is -1.51. The SMILES string of the molecule is CC(=O)O[C@H]1[C@H](O[Si](C)(C)C(C)(C)C)[C@@H](O)[C@H]([Se]c2ccc(C)cc2)O[C@@H]1COCc1ccccc1. The van der Waals surface area contributed by atoms with Crippen molar-refractivity contribution in [3.63, 3.8) is 0 Å². The second-order valence-corrected chi connectivity index (χ2v) is 18.1. The Kier molecular flexibility index (Phi) is 9.97. The molecular weight excluding hydrogens is 539 g/mol. The van der Waals surface area contributed by atoms with E-state index >= 15 is 0 Å². The molecule has 198 valence electrons. The Bertz CT molecular complexity index is 976. The second kappa shape index (κ2) is 12.4. The fraction of sp³-hybridized carbons (Fsp3) is 0.536. The van der Waals surface area contributed by atoms with Gasteiger partial charge in [0.15, 0.2) is 0 Å². The van der Waals surface area contributed by atoms with Gasteiger partial charge in [0.2, 0.25) is 0 Å². The molecule has 0 aliphatic carbocycles. The monoisotopic (exact) mass is 580 g/mol. The third kappa shape index (κ3) is 7.74. The van der Waals surface area contributed by atoms with Crippen molar-refractivity contribution < 1.29 is 28.5 Å². The summed E-state index contributed by atoms with van der Waals surface area (Å²) in [6.07, 6.45) is -2.97. The Morgan fingerprint density at radius 1 is 1.06 bits per heavy atom. The number of ether oxygens (including phenoxy) is 3. The summed E-state index contributed by atoms with van der Waals surface area (Å²) in [5, 5.41) is 11.0. The van der Waals surface area contributed by atoms with Gasteiger partial charge >= 0.3 is 223 Å². The summed E-state index contributed by atoms with van der Waals surface area (Å²) in [7, 11) is -2.31. The van der Waals surface area contributed by atoms with E-state index in [4.69, 9.17) is 18.6 Å². The number of aliphatic hydroxyl groups is 1. The van der Waals surface area contributed by atoms with Crippen LogP contribution in [-0.4, -0.2) is 70.4 Å². The van der Waals surface area contributed by atoms with Crippen molar-refractivity contribution in [3.05, 3.63) is 65.7 Å². The third-order valence-electron chi connectivity index (χ3n) is 6.82. The third-order valence-corrected chi connectivity index (χ3v) is 13.7. The van der Waals surface area contributed by atoms with Gasteiger partial charge in [0.05, 0.1) is 0 Å². The van der Waals surface area contributed by atoms with Crippen LogP contribution in [-0.2, 0) is 30.0 Å². The number of hydrogen-bond acceptors (Lipinski definition) is 6. The number of rotatable bonds is 9. The van der Waals surface area contributed by atoms with Crippen LogP contribution in [0.4, 0.5) is 0 Å². The molecule has 1 saturated heterocycles. The molecule has 8 heteroatoms. The average Bonchev–Trinajstić information content (AvgIpc) is 2.80. The van der Waals surface area contributed by atoms with Gasteiger partial charge < -0.3 is 0 Å². The van der Waals surface area contributed by atoms with Gasteiger partial charge in [0, 0.05) is 0 Å². The molecule has 6 nitrogen and oxygen atoms in total. The average molecular weight is 580 g/mol. The van der Waals surface area contributed by atoms with Crippen molar-refractivity contribution in [1.29, 1.82) is 0 Å². The first kappa shape index (κ1) is 29.0. The van der Waals surface area contributed by atoms with Crippen LogP contribution in [0.3, 0.4) is 0 Å². The second-order valence-electron chi connectivity index (χ2n) is 10.9. The van der Waals surface area contributed by atoms with Crippen LogP contribution in [0.25, 0.3) is 0 Å². The van der Waals surface area contributed by atoms with Gasteiger partial charge in [-0.3, -0.25) is 0 Å². The first-order valence-corrected chi connectivity index (χ1v) is 17.2. The number of hydrogen-bond donors (Lipinski definition) is 1. The molecule has 3 rings (SSSR count). The van der Waals surface area contributed by atoms with Gasteiger partial charge in [0.1, 0.15) is 0 Å². The Labute approximate surface area is 223 Å².